The number of hydrogen-bond acceptors (Lipinski definition) is 6. The van der Waals surface area contributed by atoms with Crippen molar-refractivity contribution < 1.29 is 19.2 Å². The molecule has 4 aromatic carbocycles. The van der Waals surface area contributed by atoms with Gasteiger partial charge < -0.3 is 4.74 Å². The quantitative estimate of drug-likeness (QED) is 0.133. The Morgan fingerprint density at radius 2 is 1.61 bits per heavy atom. The third-order valence-corrected chi connectivity index (χ3v) is 7.22. The van der Waals surface area contributed by atoms with Gasteiger partial charge in [-0.1, -0.05) is 60.7 Å². The number of carbonyl (C=O) groups excluding carboxylic acids is 2. The second-order valence-corrected chi connectivity index (χ2v) is 9.83. The van der Waals surface area contributed by atoms with Crippen LogP contribution in [0.25, 0.3) is 16.8 Å². The molecule has 1 fully saturated rings. The van der Waals surface area contributed by atoms with Crippen LogP contribution in [-0.4, -0.2) is 27.5 Å². The number of hydrogen-bond donors (Lipinski definition) is 0. The van der Waals surface area contributed by atoms with Crippen molar-refractivity contribution in [3.63, 3.8) is 0 Å². The Morgan fingerprint density at radius 1 is 0.868 bits per heavy atom. The SMILES string of the molecule is O=C1S/C(=C/c2c(OCc3ccc([N+](=O)[O-])cc3)ccc3ccccc23)C(=O)N1CCCc1ccccc1. The Kier molecular flexibility index (Phi) is 7.51. The van der Waals surface area contributed by atoms with Crippen molar-refractivity contribution in [2.24, 2.45) is 0 Å². The highest BCUT2D eigenvalue weighted by Crippen LogP contribution is 2.37. The highest BCUT2D eigenvalue weighted by Gasteiger charge is 2.34. The van der Waals surface area contributed by atoms with Crippen molar-refractivity contribution in [2.75, 3.05) is 6.54 Å². The summed E-state index contributed by atoms with van der Waals surface area (Å²) < 4.78 is 6.11. The summed E-state index contributed by atoms with van der Waals surface area (Å²) in [6, 6.07) is 27.7. The van der Waals surface area contributed by atoms with E-state index in [1.54, 1.807) is 18.2 Å². The van der Waals surface area contributed by atoms with Crippen LogP contribution in [0.4, 0.5) is 10.5 Å². The summed E-state index contributed by atoms with van der Waals surface area (Å²) in [5.74, 6) is 0.250. The molecule has 7 nitrogen and oxygen atoms in total. The second-order valence-electron chi connectivity index (χ2n) is 8.83. The summed E-state index contributed by atoms with van der Waals surface area (Å²) in [7, 11) is 0. The van der Waals surface area contributed by atoms with E-state index in [1.807, 2.05) is 66.7 Å². The zero-order valence-electron chi connectivity index (χ0n) is 20.4. The smallest absolute Gasteiger partial charge is 0.293 e. The van der Waals surface area contributed by atoms with E-state index in [1.165, 1.54) is 22.6 Å². The van der Waals surface area contributed by atoms with Crippen LogP contribution in [0.1, 0.15) is 23.1 Å². The molecule has 0 unspecified atom stereocenters. The van der Waals surface area contributed by atoms with Crippen LogP contribution in [0.3, 0.4) is 0 Å². The van der Waals surface area contributed by atoms with Gasteiger partial charge in [0.05, 0.1) is 9.83 Å². The number of amides is 2. The summed E-state index contributed by atoms with van der Waals surface area (Å²) in [4.78, 5) is 38.1. The first-order valence-electron chi connectivity index (χ1n) is 12.2. The molecule has 190 valence electrons. The van der Waals surface area contributed by atoms with E-state index in [2.05, 4.69) is 0 Å². The first-order valence-corrected chi connectivity index (χ1v) is 13.0. The van der Waals surface area contributed by atoms with Gasteiger partial charge in [-0.15, -0.1) is 0 Å². The Bertz CT molecular complexity index is 1530. The molecule has 38 heavy (non-hydrogen) atoms. The number of ether oxygens (including phenoxy) is 1. The minimum Gasteiger partial charge on any atom is -0.488 e. The number of aryl methyl sites for hydroxylation is 1. The minimum atomic E-state index is -0.444. The molecule has 1 heterocycles. The van der Waals surface area contributed by atoms with E-state index in [9.17, 15) is 19.7 Å². The van der Waals surface area contributed by atoms with Crippen LogP contribution in [0.2, 0.25) is 0 Å². The number of non-ortho nitro benzene ring substituents is 1. The zero-order chi connectivity index (χ0) is 26.5. The molecule has 4 aromatic rings. The van der Waals surface area contributed by atoms with Crippen LogP contribution in [-0.2, 0) is 17.8 Å². The van der Waals surface area contributed by atoms with Crippen LogP contribution < -0.4 is 4.74 Å². The molecule has 5 rings (SSSR count). The molecule has 0 N–H and O–H groups in total. The highest BCUT2D eigenvalue weighted by molar-refractivity contribution is 8.18. The molecule has 2 amide bonds. The van der Waals surface area contributed by atoms with Gasteiger partial charge in [0.2, 0.25) is 0 Å². The number of nitrogens with zero attached hydrogens (tertiary/aromatic N) is 2. The van der Waals surface area contributed by atoms with E-state index < -0.39 is 4.92 Å². The molecule has 0 aliphatic carbocycles. The number of thioether (sulfide) groups is 1. The van der Waals surface area contributed by atoms with Crippen molar-refractivity contribution in [1.82, 2.24) is 4.90 Å². The fourth-order valence-corrected chi connectivity index (χ4v) is 5.18. The summed E-state index contributed by atoms with van der Waals surface area (Å²) >= 11 is 0.938. The minimum absolute atomic E-state index is 0.0136. The van der Waals surface area contributed by atoms with Crippen molar-refractivity contribution >= 4 is 45.4 Å². The average molecular weight is 525 g/mol. The van der Waals surface area contributed by atoms with E-state index in [0.717, 1.165) is 34.5 Å². The summed E-state index contributed by atoms with van der Waals surface area (Å²) in [6.45, 7) is 0.550. The van der Waals surface area contributed by atoms with Gasteiger partial charge in [-0.2, -0.15) is 0 Å². The lowest BCUT2D eigenvalue weighted by Crippen LogP contribution is -2.29. The van der Waals surface area contributed by atoms with Gasteiger partial charge in [0, 0.05) is 24.2 Å². The standard InChI is InChI=1S/C30H24N2O5S/c33-29-28(38-30(34)31(29)18-6-9-21-7-2-1-3-8-21)19-26-25-11-5-4-10-23(25)14-17-27(26)37-20-22-12-15-24(16-13-22)32(35)36/h1-5,7-8,10-17,19H,6,9,18,20H2/b28-19+. The molecular formula is C30H24N2O5S. The molecular weight excluding hydrogens is 500 g/mol. The fraction of sp³-hybridized carbons (Fsp3) is 0.133. The molecule has 0 saturated carbocycles. The molecule has 0 atom stereocenters. The number of carbonyl (C=O) groups is 2. The van der Waals surface area contributed by atoms with E-state index >= 15 is 0 Å². The zero-order valence-corrected chi connectivity index (χ0v) is 21.2. The number of fused-ring (bicyclic) bond motifs is 1. The Labute approximate surface area is 223 Å². The van der Waals surface area contributed by atoms with Gasteiger partial charge in [0.15, 0.2) is 0 Å². The second kappa shape index (κ2) is 11.3. The van der Waals surface area contributed by atoms with Crippen molar-refractivity contribution in [1.29, 1.82) is 0 Å². The molecule has 0 spiro atoms. The number of nitro groups is 1. The Hall–Kier alpha value is -4.43. The molecule has 1 aliphatic rings. The van der Waals surface area contributed by atoms with E-state index in [4.69, 9.17) is 4.74 Å². The van der Waals surface area contributed by atoms with E-state index in [-0.39, 0.29) is 23.4 Å². The maximum atomic E-state index is 13.2. The lowest BCUT2D eigenvalue weighted by Gasteiger charge is -2.13. The fourth-order valence-electron chi connectivity index (χ4n) is 4.34. The van der Waals surface area contributed by atoms with Crippen LogP contribution in [0.5, 0.6) is 5.75 Å². The molecule has 0 bridgehead atoms. The maximum absolute atomic E-state index is 13.2. The third-order valence-electron chi connectivity index (χ3n) is 6.31. The maximum Gasteiger partial charge on any atom is 0.293 e. The predicted molar refractivity (Wildman–Crippen MR) is 149 cm³/mol. The van der Waals surface area contributed by atoms with E-state index in [0.29, 0.717) is 29.2 Å². The van der Waals surface area contributed by atoms with Crippen LogP contribution in [0, 0.1) is 10.1 Å². The third kappa shape index (κ3) is 5.60. The average Bonchev–Trinajstić information content (AvgIpc) is 3.20. The summed E-state index contributed by atoms with van der Waals surface area (Å²) in [5.41, 5.74) is 2.66. The highest BCUT2D eigenvalue weighted by atomic mass is 32.2. The normalized spacial score (nSPS) is 14.4. The number of imide groups is 1. The van der Waals surface area contributed by atoms with Gasteiger partial charge in [0.1, 0.15) is 12.4 Å². The van der Waals surface area contributed by atoms with Gasteiger partial charge in [0.25, 0.3) is 16.8 Å². The number of benzene rings is 4. The van der Waals surface area contributed by atoms with Crippen molar-refractivity contribution in [3.8, 4) is 5.75 Å². The number of nitro benzene ring substituents is 1. The van der Waals surface area contributed by atoms with Crippen LogP contribution in [0.15, 0.2) is 95.9 Å². The lowest BCUT2D eigenvalue weighted by atomic mass is 10.0. The predicted octanol–water partition coefficient (Wildman–Crippen LogP) is 7.00. The lowest BCUT2D eigenvalue weighted by molar-refractivity contribution is -0.384. The van der Waals surface area contributed by atoms with Crippen molar-refractivity contribution in [2.45, 2.75) is 19.4 Å². The van der Waals surface area contributed by atoms with Gasteiger partial charge >= 0.3 is 0 Å². The summed E-state index contributed by atoms with van der Waals surface area (Å²) in [6.07, 6.45) is 3.20. The molecule has 8 heteroatoms. The van der Waals surface area contributed by atoms with Gasteiger partial charge in [-0.3, -0.25) is 24.6 Å². The Balaban J connectivity index is 1.37. The first-order chi connectivity index (χ1) is 18.5. The Morgan fingerprint density at radius 3 is 2.37 bits per heavy atom. The van der Waals surface area contributed by atoms with Gasteiger partial charge in [-0.25, -0.2) is 0 Å². The van der Waals surface area contributed by atoms with Gasteiger partial charge in [-0.05, 0) is 70.8 Å². The molecule has 0 aromatic heterocycles. The largest absolute Gasteiger partial charge is 0.488 e. The molecule has 1 aliphatic heterocycles. The monoisotopic (exact) mass is 524 g/mol. The first kappa shape index (κ1) is 25.2. The van der Waals surface area contributed by atoms with Crippen LogP contribution >= 0.6 is 11.8 Å². The topological polar surface area (TPSA) is 89.7 Å². The molecule has 1 saturated heterocycles. The molecule has 0 radical (unpaired) electrons. The van der Waals surface area contributed by atoms with Crippen molar-refractivity contribution in [3.05, 3.63) is 123 Å². The summed E-state index contributed by atoms with van der Waals surface area (Å²) in [5, 5.41) is 12.5. The number of rotatable bonds is 9.